The van der Waals surface area contributed by atoms with Crippen LogP contribution in [0.3, 0.4) is 0 Å². The molecule has 0 spiro atoms. The molecule has 30 heavy (non-hydrogen) atoms. The van der Waals surface area contributed by atoms with Crippen LogP contribution in [-0.2, 0) is 9.53 Å². The number of ether oxygens (including phenoxy) is 1. The van der Waals surface area contributed by atoms with E-state index in [1.807, 2.05) is 60.7 Å². The second-order valence-electron chi connectivity index (χ2n) is 7.24. The van der Waals surface area contributed by atoms with Gasteiger partial charge >= 0.3 is 5.97 Å². The molecule has 2 aromatic carbocycles. The summed E-state index contributed by atoms with van der Waals surface area (Å²) in [7, 11) is 0. The Morgan fingerprint density at radius 3 is 2.17 bits per heavy atom. The first-order valence-electron chi connectivity index (χ1n) is 10.3. The normalized spacial score (nSPS) is 14.2. The van der Waals surface area contributed by atoms with Gasteiger partial charge in [0.15, 0.2) is 12.4 Å². The Labute approximate surface area is 175 Å². The molecule has 154 valence electrons. The molecule has 0 N–H and O–H groups in total. The highest BCUT2D eigenvalue weighted by Gasteiger charge is 2.22. The lowest BCUT2D eigenvalue weighted by Gasteiger charge is -2.19. The largest absolute Gasteiger partial charge is 0.450 e. The summed E-state index contributed by atoms with van der Waals surface area (Å²) in [6.45, 7) is 1.14. The molecule has 3 aromatic rings. The summed E-state index contributed by atoms with van der Waals surface area (Å²) >= 11 is 0. The summed E-state index contributed by atoms with van der Waals surface area (Å²) in [5, 5.41) is 4.37. The van der Waals surface area contributed by atoms with Gasteiger partial charge in [-0.05, 0) is 25.0 Å². The van der Waals surface area contributed by atoms with Crippen LogP contribution < -0.4 is 0 Å². The van der Waals surface area contributed by atoms with Gasteiger partial charge in [-0.1, -0.05) is 61.4 Å². The molecule has 1 aliphatic heterocycles. The average molecular weight is 404 g/mol. The Balaban J connectivity index is 1.53. The van der Waals surface area contributed by atoms with Gasteiger partial charge in [0.25, 0.3) is 11.7 Å². The lowest BCUT2D eigenvalue weighted by atomic mass is 10.2. The predicted octanol–water partition coefficient (Wildman–Crippen LogP) is 3.49. The molecule has 0 saturated carbocycles. The van der Waals surface area contributed by atoms with Crippen LogP contribution in [0.2, 0.25) is 0 Å². The SMILES string of the molecule is O=C(OCC(=O)N1CCCCCC1)c1nc(-c2ccccc2)n(-c2ccccc2)n1. The van der Waals surface area contributed by atoms with E-state index in [0.29, 0.717) is 5.82 Å². The maximum Gasteiger partial charge on any atom is 0.378 e. The number of hydrogen-bond donors (Lipinski definition) is 0. The zero-order valence-corrected chi connectivity index (χ0v) is 16.7. The fourth-order valence-electron chi connectivity index (χ4n) is 3.53. The van der Waals surface area contributed by atoms with Gasteiger partial charge in [0.1, 0.15) is 0 Å². The Kier molecular flexibility index (Phi) is 6.17. The summed E-state index contributed by atoms with van der Waals surface area (Å²) in [5.41, 5.74) is 1.61. The number of nitrogens with zero attached hydrogens (tertiary/aromatic N) is 4. The highest BCUT2D eigenvalue weighted by atomic mass is 16.5. The number of para-hydroxylation sites is 1. The third-order valence-electron chi connectivity index (χ3n) is 5.11. The van der Waals surface area contributed by atoms with E-state index in [1.165, 1.54) is 0 Å². The minimum Gasteiger partial charge on any atom is -0.450 e. The van der Waals surface area contributed by atoms with Crippen LogP contribution in [0.4, 0.5) is 0 Å². The first-order chi connectivity index (χ1) is 14.7. The van der Waals surface area contributed by atoms with Crippen molar-refractivity contribution in [3.63, 3.8) is 0 Å². The van der Waals surface area contributed by atoms with Gasteiger partial charge in [0.05, 0.1) is 5.69 Å². The van der Waals surface area contributed by atoms with Crippen LogP contribution >= 0.6 is 0 Å². The summed E-state index contributed by atoms with van der Waals surface area (Å²) < 4.78 is 6.87. The maximum atomic E-state index is 12.6. The van der Waals surface area contributed by atoms with Crippen molar-refractivity contribution in [1.29, 1.82) is 0 Å². The van der Waals surface area contributed by atoms with Crippen molar-refractivity contribution in [1.82, 2.24) is 19.7 Å². The summed E-state index contributed by atoms with van der Waals surface area (Å²) in [6.07, 6.45) is 4.24. The number of esters is 1. The minimum atomic E-state index is -0.704. The summed E-state index contributed by atoms with van der Waals surface area (Å²) in [5.74, 6) is -0.407. The van der Waals surface area contributed by atoms with Crippen molar-refractivity contribution in [3.05, 3.63) is 66.5 Å². The molecule has 0 bridgehead atoms. The number of likely N-dealkylation sites (tertiary alicyclic amines) is 1. The molecule has 0 atom stereocenters. The highest BCUT2D eigenvalue weighted by Crippen LogP contribution is 2.21. The number of benzene rings is 2. The Morgan fingerprint density at radius 2 is 1.50 bits per heavy atom. The van der Waals surface area contributed by atoms with E-state index in [2.05, 4.69) is 10.1 Å². The fraction of sp³-hybridized carbons (Fsp3) is 0.304. The van der Waals surface area contributed by atoms with Crippen molar-refractivity contribution in [2.24, 2.45) is 0 Å². The minimum absolute atomic E-state index is 0.0682. The smallest absolute Gasteiger partial charge is 0.378 e. The van der Waals surface area contributed by atoms with Crippen LogP contribution in [0, 0.1) is 0 Å². The molecule has 4 rings (SSSR count). The van der Waals surface area contributed by atoms with Gasteiger partial charge in [0.2, 0.25) is 0 Å². The number of aromatic nitrogens is 3. The second kappa shape index (κ2) is 9.35. The van der Waals surface area contributed by atoms with Crippen molar-refractivity contribution in [2.75, 3.05) is 19.7 Å². The molecule has 7 nitrogen and oxygen atoms in total. The number of carbonyl (C=O) groups excluding carboxylic acids is 2. The third kappa shape index (κ3) is 4.56. The molecule has 2 heterocycles. The molecule has 7 heteroatoms. The number of carbonyl (C=O) groups is 2. The molecule has 1 aromatic heterocycles. The van der Waals surface area contributed by atoms with Gasteiger partial charge in [-0.3, -0.25) is 4.79 Å². The highest BCUT2D eigenvalue weighted by molar-refractivity contribution is 5.88. The summed E-state index contributed by atoms with van der Waals surface area (Å²) in [4.78, 5) is 31.2. The molecular weight excluding hydrogens is 380 g/mol. The molecule has 0 unspecified atom stereocenters. The molecule has 1 fully saturated rings. The Morgan fingerprint density at radius 1 is 0.867 bits per heavy atom. The fourth-order valence-corrected chi connectivity index (χ4v) is 3.53. The second-order valence-corrected chi connectivity index (χ2v) is 7.24. The van der Waals surface area contributed by atoms with E-state index < -0.39 is 5.97 Å². The van der Waals surface area contributed by atoms with E-state index in [0.717, 1.165) is 50.0 Å². The zero-order valence-electron chi connectivity index (χ0n) is 16.7. The molecule has 1 saturated heterocycles. The zero-order chi connectivity index (χ0) is 20.8. The Hall–Kier alpha value is -3.48. The number of rotatable bonds is 5. The van der Waals surface area contributed by atoms with Gasteiger partial charge in [-0.25, -0.2) is 14.5 Å². The van der Waals surface area contributed by atoms with Crippen LogP contribution in [0.1, 0.15) is 36.3 Å². The Bertz CT molecular complexity index is 937. The van der Waals surface area contributed by atoms with Gasteiger partial charge in [-0.2, -0.15) is 0 Å². The van der Waals surface area contributed by atoms with E-state index in [-0.39, 0.29) is 18.3 Å². The van der Waals surface area contributed by atoms with Gasteiger partial charge in [-0.15, -0.1) is 5.10 Å². The van der Waals surface area contributed by atoms with Crippen LogP contribution in [0.25, 0.3) is 17.1 Å². The quantitative estimate of drug-likeness (QED) is 0.609. The monoisotopic (exact) mass is 404 g/mol. The van der Waals surface area contributed by atoms with Crippen LogP contribution in [-0.4, -0.2) is 51.2 Å². The van der Waals surface area contributed by atoms with Crippen LogP contribution in [0.5, 0.6) is 0 Å². The maximum absolute atomic E-state index is 12.6. The third-order valence-corrected chi connectivity index (χ3v) is 5.11. The van der Waals surface area contributed by atoms with Crippen molar-refractivity contribution >= 4 is 11.9 Å². The standard InChI is InChI=1S/C23H24N4O3/c28-20(26-15-9-1-2-10-16-26)17-30-23(29)21-24-22(18-11-5-3-6-12-18)27(25-21)19-13-7-4-8-14-19/h3-8,11-14H,1-2,9-10,15-17H2. The lowest BCUT2D eigenvalue weighted by Crippen LogP contribution is -2.35. The average Bonchev–Trinajstić information content (AvgIpc) is 3.06. The first-order valence-corrected chi connectivity index (χ1v) is 10.3. The van der Waals surface area contributed by atoms with Gasteiger partial charge in [0, 0.05) is 18.7 Å². The molecular formula is C23H24N4O3. The van der Waals surface area contributed by atoms with Crippen LogP contribution in [0.15, 0.2) is 60.7 Å². The van der Waals surface area contributed by atoms with Crippen molar-refractivity contribution < 1.29 is 14.3 Å². The molecule has 0 aliphatic carbocycles. The van der Waals surface area contributed by atoms with E-state index in [9.17, 15) is 9.59 Å². The van der Waals surface area contributed by atoms with E-state index in [1.54, 1.807) is 9.58 Å². The predicted molar refractivity (Wildman–Crippen MR) is 112 cm³/mol. The number of amides is 1. The molecule has 1 amide bonds. The van der Waals surface area contributed by atoms with E-state index in [4.69, 9.17) is 4.74 Å². The number of hydrogen-bond acceptors (Lipinski definition) is 5. The van der Waals surface area contributed by atoms with Gasteiger partial charge < -0.3 is 9.64 Å². The molecule has 1 aliphatic rings. The molecule has 0 radical (unpaired) electrons. The topological polar surface area (TPSA) is 77.3 Å². The lowest BCUT2D eigenvalue weighted by molar-refractivity contribution is -0.134. The summed E-state index contributed by atoms with van der Waals surface area (Å²) in [6, 6.07) is 19.0. The first kappa shape index (κ1) is 19.8. The van der Waals surface area contributed by atoms with Crippen molar-refractivity contribution in [3.8, 4) is 17.1 Å². The van der Waals surface area contributed by atoms with E-state index >= 15 is 0 Å². The van der Waals surface area contributed by atoms with Crippen molar-refractivity contribution in [2.45, 2.75) is 25.7 Å².